The van der Waals surface area contributed by atoms with Gasteiger partial charge in [0.25, 0.3) is 0 Å². The molecule has 4 aromatic rings. The summed E-state index contributed by atoms with van der Waals surface area (Å²) in [6.45, 7) is 8.51. The highest BCUT2D eigenvalue weighted by Gasteiger charge is 2.23. The fourth-order valence-corrected chi connectivity index (χ4v) is 4.09. The number of hydrogen-bond acceptors (Lipinski definition) is 8. The number of aryl methyl sites for hydroxylation is 1. The predicted molar refractivity (Wildman–Crippen MR) is 125 cm³/mol. The number of rotatable bonds is 8. The van der Waals surface area contributed by atoms with Crippen LogP contribution in [0.25, 0.3) is 22.4 Å². The van der Waals surface area contributed by atoms with Crippen molar-refractivity contribution in [2.45, 2.75) is 33.7 Å². The molecule has 1 aliphatic heterocycles. The summed E-state index contributed by atoms with van der Waals surface area (Å²) in [7, 11) is 0. The number of benzene rings is 1. The Bertz CT molecular complexity index is 1350. The van der Waals surface area contributed by atoms with Gasteiger partial charge in [0.1, 0.15) is 5.82 Å². The van der Waals surface area contributed by atoms with Crippen LogP contribution in [0.15, 0.2) is 18.2 Å². The van der Waals surface area contributed by atoms with E-state index in [4.69, 9.17) is 20.2 Å². The number of hydrogen-bond donors (Lipinski definition) is 3. The zero-order valence-corrected chi connectivity index (χ0v) is 19.4. The molecule has 5 rings (SSSR count). The maximum Gasteiger partial charge on any atom is 0.312 e. The highest BCUT2D eigenvalue weighted by molar-refractivity contribution is 5.82. The zero-order valence-electron chi connectivity index (χ0n) is 19.4. The number of nitrogens with one attached hydrogen (secondary N) is 2. The van der Waals surface area contributed by atoms with Crippen LogP contribution in [0.4, 0.5) is 10.2 Å². The van der Waals surface area contributed by atoms with Crippen molar-refractivity contribution >= 4 is 17.0 Å². The second-order valence-corrected chi connectivity index (χ2v) is 8.80. The Balaban J connectivity index is 1.57. The summed E-state index contributed by atoms with van der Waals surface area (Å²) in [5.74, 6) is 2.57. The van der Waals surface area contributed by atoms with E-state index in [9.17, 15) is 4.39 Å². The van der Waals surface area contributed by atoms with Gasteiger partial charge in [-0.3, -0.25) is 5.10 Å². The van der Waals surface area contributed by atoms with E-state index in [-0.39, 0.29) is 12.6 Å². The first-order valence-electron chi connectivity index (χ1n) is 11.2. The minimum atomic E-state index is -0.872. The van der Waals surface area contributed by atoms with Crippen molar-refractivity contribution in [3.8, 4) is 22.8 Å². The highest BCUT2D eigenvalue weighted by Crippen LogP contribution is 2.39. The molecule has 0 saturated carbocycles. The van der Waals surface area contributed by atoms with Crippen LogP contribution in [0.5, 0.6) is 11.5 Å². The maximum absolute atomic E-state index is 14.0. The molecule has 0 atom stereocenters. The Morgan fingerprint density at radius 1 is 1.18 bits per heavy atom. The van der Waals surface area contributed by atoms with Gasteiger partial charge in [-0.15, -0.1) is 0 Å². The SMILES string of the molecule is Cc1cc(-c2cc3c(cc2Cc2nc4c(N)nc(F)nc4n2CCNCC(C)C)OCO3)n[nH]1. The molecule has 0 fully saturated rings. The number of imidazole rings is 1. The van der Waals surface area contributed by atoms with Crippen molar-refractivity contribution in [1.82, 2.24) is 35.0 Å². The number of anilines is 1. The Kier molecular flexibility index (Phi) is 5.78. The van der Waals surface area contributed by atoms with Crippen molar-refractivity contribution in [2.24, 2.45) is 5.92 Å². The number of halogens is 1. The van der Waals surface area contributed by atoms with E-state index < -0.39 is 6.08 Å². The first-order chi connectivity index (χ1) is 16.4. The number of H-pyrrole nitrogens is 1. The molecule has 0 unspecified atom stereocenters. The molecule has 34 heavy (non-hydrogen) atoms. The molecule has 11 heteroatoms. The van der Waals surface area contributed by atoms with Gasteiger partial charge in [-0.2, -0.15) is 19.5 Å². The van der Waals surface area contributed by atoms with Gasteiger partial charge in [0, 0.05) is 30.8 Å². The van der Waals surface area contributed by atoms with Crippen LogP contribution in [0.1, 0.15) is 30.9 Å². The third-order valence-corrected chi connectivity index (χ3v) is 5.67. The Hall–Kier alpha value is -3.73. The highest BCUT2D eigenvalue weighted by atomic mass is 19.1. The topological polar surface area (TPSA) is 129 Å². The van der Waals surface area contributed by atoms with Gasteiger partial charge in [-0.05, 0) is 43.1 Å². The summed E-state index contributed by atoms with van der Waals surface area (Å²) in [5.41, 5.74) is 10.3. The number of nitrogens with two attached hydrogens (primary N) is 1. The molecule has 0 spiro atoms. The number of nitrogens with zero attached hydrogens (tertiary/aromatic N) is 5. The van der Waals surface area contributed by atoms with Crippen molar-refractivity contribution in [1.29, 1.82) is 0 Å². The van der Waals surface area contributed by atoms with Crippen molar-refractivity contribution in [3.05, 3.63) is 41.4 Å². The third kappa shape index (κ3) is 4.26. The van der Waals surface area contributed by atoms with Gasteiger partial charge in [0.15, 0.2) is 28.5 Å². The Labute approximate surface area is 195 Å². The fraction of sp³-hybridized carbons (Fsp3) is 0.391. The van der Waals surface area contributed by atoms with Gasteiger partial charge >= 0.3 is 6.08 Å². The average Bonchev–Trinajstić information content (AvgIpc) is 3.49. The molecule has 178 valence electrons. The van der Waals surface area contributed by atoms with E-state index in [0.717, 1.165) is 29.1 Å². The fourth-order valence-electron chi connectivity index (χ4n) is 4.09. The summed E-state index contributed by atoms with van der Waals surface area (Å²) in [6.07, 6.45) is -0.442. The standard InChI is InChI=1S/C23H27FN8O2/c1-12(2)10-26-4-5-32-19(27-20-21(25)28-23(24)29-22(20)32)8-14-7-17-18(34-11-33-17)9-15(14)16-6-13(3)30-31-16/h6-7,9,12,26H,4-5,8,10-11H2,1-3H3,(H,30,31)(H2,25,28,29). The molecule has 0 amide bonds. The van der Waals surface area contributed by atoms with Gasteiger partial charge in [-0.1, -0.05) is 13.8 Å². The summed E-state index contributed by atoms with van der Waals surface area (Å²) in [5, 5.41) is 10.8. The molecule has 3 aromatic heterocycles. The van der Waals surface area contributed by atoms with E-state index in [1.807, 2.05) is 29.7 Å². The molecule has 1 aliphatic rings. The zero-order chi connectivity index (χ0) is 23.8. The summed E-state index contributed by atoms with van der Waals surface area (Å²) < 4.78 is 27.2. The second kappa shape index (κ2) is 8.90. The largest absolute Gasteiger partial charge is 0.454 e. The van der Waals surface area contributed by atoms with Gasteiger partial charge in [0.2, 0.25) is 6.79 Å². The lowest BCUT2D eigenvalue weighted by molar-refractivity contribution is 0.174. The van der Waals surface area contributed by atoms with Gasteiger partial charge in [0.05, 0.1) is 5.69 Å². The second-order valence-electron chi connectivity index (χ2n) is 8.80. The normalized spacial score (nSPS) is 12.9. The molecule has 0 bridgehead atoms. The molecular weight excluding hydrogens is 439 g/mol. The quantitative estimate of drug-likeness (QED) is 0.267. The summed E-state index contributed by atoms with van der Waals surface area (Å²) in [4.78, 5) is 12.4. The molecule has 0 aliphatic carbocycles. The summed E-state index contributed by atoms with van der Waals surface area (Å²) in [6, 6.07) is 5.84. The van der Waals surface area contributed by atoms with Crippen LogP contribution in [0.3, 0.4) is 0 Å². The lowest BCUT2D eigenvalue weighted by Crippen LogP contribution is -2.25. The van der Waals surface area contributed by atoms with Crippen LogP contribution < -0.4 is 20.5 Å². The Morgan fingerprint density at radius 2 is 1.97 bits per heavy atom. The molecule has 1 aromatic carbocycles. The van der Waals surface area contributed by atoms with E-state index in [1.54, 1.807) is 0 Å². The summed E-state index contributed by atoms with van der Waals surface area (Å²) >= 11 is 0. The molecule has 4 N–H and O–H groups in total. The van der Waals surface area contributed by atoms with Crippen molar-refractivity contribution in [3.63, 3.8) is 0 Å². The average molecular weight is 467 g/mol. The van der Waals surface area contributed by atoms with Crippen molar-refractivity contribution in [2.75, 3.05) is 25.6 Å². The van der Waals surface area contributed by atoms with Crippen LogP contribution in [0.2, 0.25) is 0 Å². The molecular formula is C23H27FN8O2. The molecule has 4 heterocycles. The first kappa shape index (κ1) is 22.1. The molecule has 10 nitrogen and oxygen atoms in total. The van der Waals surface area contributed by atoms with Gasteiger partial charge < -0.3 is 25.1 Å². The lowest BCUT2D eigenvalue weighted by Gasteiger charge is -2.13. The smallest absolute Gasteiger partial charge is 0.312 e. The lowest BCUT2D eigenvalue weighted by atomic mass is 10.00. The minimum absolute atomic E-state index is 0.0199. The van der Waals surface area contributed by atoms with Crippen LogP contribution in [-0.4, -0.2) is 49.6 Å². The number of aromatic nitrogens is 6. The van der Waals surface area contributed by atoms with E-state index in [1.165, 1.54) is 0 Å². The maximum atomic E-state index is 14.0. The van der Waals surface area contributed by atoms with E-state index >= 15 is 0 Å². The minimum Gasteiger partial charge on any atom is -0.454 e. The van der Waals surface area contributed by atoms with E-state index in [2.05, 4.69) is 39.3 Å². The van der Waals surface area contributed by atoms with Crippen LogP contribution in [-0.2, 0) is 13.0 Å². The van der Waals surface area contributed by atoms with E-state index in [0.29, 0.717) is 53.9 Å². The first-order valence-corrected chi connectivity index (χ1v) is 11.2. The van der Waals surface area contributed by atoms with Crippen LogP contribution >= 0.6 is 0 Å². The number of ether oxygens (including phenoxy) is 2. The predicted octanol–water partition coefficient (Wildman–Crippen LogP) is 2.81. The van der Waals surface area contributed by atoms with Gasteiger partial charge in [-0.25, -0.2) is 4.98 Å². The third-order valence-electron chi connectivity index (χ3n) is 5.67. The Morgan fingerprint density at radius 3 is 2.71 bits per heavy atom. The van der Waals surface area contributed by atoms with Crippen LogP contribution in [0, 0.1) is 18.9 Å². The van der Waals surface area contributed by atoms with Crippen molar-refractivity contribution < 1.29 is 13.9 Å². The molecule has 0 saturated heterocycles. The number of nitrogen functional groups attached to an aromatic ring is 1. The number of fused-ring (bicyclic) bond motifs is 2. The molecule has 0 radical (unpaired) electrons. The number of aromatic amines is 1. The monoisotopic (exact) mass is 466 g/mol.